The fourth-order valence-electron chi connectivity index (χ4n) is 3.69. The lowest BCUT2D eigenvalue weighted by Crippen LogP contribution is -2.58. The highest BCUT2D eigenvalue weighted by atomic mass is 32.1. The molecule has 0 bridgehead atoms. The molecule has 1 heterocycles. The van der Waals surface area contributed by atoms with Gasteiger partial charge in [0.1, 0.15) is 0 Å². The summed E-state index contributed by atoms with van der Waals surface area (Å²) in [4.78, 5) is 0.978. The molecule has 2 unspecified atom stereocenters. The van der Waals surface area contributed by atoms with E-state index in [1.54, 1.807) is 0 Å². The van der Waals surface area contributed by atoms with Crippen LogP contribution in [0.25, 0.3) is 0 Å². The number of nitrogens with one attached hydrogen (secondary N) is 3. The van der Waals surface area contributed by atoms with Gasteiger partial charge in [0.05, 0.1) is 10.5 Å². The minimum atomic E-state index is -0.186. The number of hydrazine groups is 1. The van der Waals surface area contributed by atoms with Gasteiger partial charge in [-0.05, 0) is 24.8 Å². The van der Waals surface area contributed by atoms with E-state index >= 15 is 0 Å². The second-order valence-electron chi connectivity index (χ2n) is 6.88. The number of hydrogen-bond acceptors (Lipinski definition) is 3. The maximum Gasteiger partial charge on any atom is 0.0979 e. The SMILES string of the molecule is CCCCCC1(C(=S)NC(CC)CC)NNCC1c1ccccc1. The molecule has 2 atom stereocenters. The van der Waals surface area contributed by atoms with Crippen LogP contribution in [-0.2, 0) is 0 Å². The number of benzene rings is 1. The molecule has 3 nitrogen and oxygen atoms in total. The monoisotopic (exact) mass is 347 g/mol. The molecule has 0 amide bonds. The summed E-state index contributed by atoms with van der Waals surface area (Å²) in [6, 6.07) is 11.3. The van der Waals surface area contributed by atoms with Crippen LogP contribution in [0, 0.1) is 0 Å². The molecular formula is C20H33N3S. The van der Waals surface area contributed by atoms with Crippen molar-refractivity contribution < 1.29 is 0 Å². The summed E-state index contributed by atoms with van der Waals surface area (Å²) >= 11 is 5.95. The Morgan fingerprint density at radius 1 is 1.21 bits per heavy atom. The van der Waals surface area contributed by atoms with Crippen molar-refractivity contribution in [3.63, 3.8) is 0 Å². The summed E-state index contributed by atoms with van der Waals surface area (Å²) in [6.45, 7) is 7.62. The van der Waals surface area contributed by atoms with Crippen LogP contribution >= 0.6 is 12.2 Å². The van der Waals surface area contributed by atoms with Crippen LogP contribution in [0.2, 0.25) is 0 Å². The topological polar surface area (TPSA) is 36.1 Å². The van der Waals surface area contributed by atoms with Gasteiger partial charge in [0.25, 0.3) is 0 Å². The van der Waals surface area contributed by atoms with Gasteiger partial charge in [0, 0.05) is 18.5 Å². The van der Waals surface area contributed by atoms with Crippen molar-refractivity contribution in [3.8, 4) is 0 Å². The van der Waals surface area contributed by atoms with Crippen LogP contribution in [0.15, 0.2) is 30.3 Å². The predicted octanol–water partition coefficient (Wildman–Crippen LogP) is 4.30. The number of hydrogen-bond donors (Lipinski definition) is 3. The fourth-order valence-corrected chi connectivity index (χ4v) is 4.15. The first-order chi connectivity index (χ1) is 11.7. The Hall–Kier alpha value is -0.970. The average Bonchev–Trinajstić information content (AvgIpc) is 3.05. The van der Waals surface area contributed by atoms with Gasteiger partial charge in [0.2, 0.25) is 0 Å². The van der Waals surface area contributed by atoms with Gasteiger partial charge in [-0.15, -0.1) is 0 Å². The van der Waals surface area contributed by atoms with Gasteiger partial charge in [-0.3, -0.25) is 5.43 Å². The first-order valence-electron chi connectivity index (χ1n) is 9.53. The lowest BCUT2D eigenvalue weighted by molar-refractivity contribution is 0.381. The molecule has 0 aliphatic carbocycles. The van der Waals surface area contributed by atoms with Crippen LogP contribution in [0.5, 0.6) is 0 Å². The quantitative estimate of drug-likeness (QED) is 0.460. The van der Waals surface area contributed by atoms with E-state index < -0.39 is 0 Å². The third kappa shape index (κ3) is 4.35. The normalized spacial score (nSPS) is 23.6. The summed E-state index contributed by atoms with van der Waals surface area (Å²) in [5.41, 5.74) is 8.15. The van der Waals surface area contributed by atoms with Gasteiger partial charge < -0.3 is 5.32 Å². The van der Waals surface area contributed by atoms with Crippen molar-refractivity contribution in [1.82, 2.24) is 16.2 Å². The molecule has 134 valence electrons. The van der Waals surface area contributed by atoms with Crippen LogP contribution in [0.3, 0.4) is 0 Å². The molecule has 0 saturated carbocycles. The number of thiocarbonyl (C=S) groups is 1. The van der Waals surface area contributed by atoms with Gasteiger partial charge in [0.15, 0.2) is 0 Å². The van der Waals surface area contributed by atoms with Crippen LogP contribution in [0.4, 0.5) is 0 Å². The Bertz CT molecular complexity index is 501. The molecule has 1 aromatic carbocycles. The Balaban J connectivity index is 2.26. The summed E-state index contributed by atoms with van der Waals surface area (Å²) in [6.07, 6.45) is 6.94. The zero-order chi connectivity index (χ0) is 17.4. The summed E-state index contributed by atoms with van der Waals surface area (Å²) in [7, 11) is 0. The molecule has 0 radical (unpaired) electrons. The number of rotatable bonds is 9. The van der Waals surface area contributed by atoms with E-state index in [0.717, 1.165) is 30.8 Å². The number of unbranched alkanes of at least 4 members (excludes halogenated alkanes) is 2. The molecule has 1 saturated heterocycles. The zero-order valence-corrected chi connectivity index (χ0v) is 16.2. The van der Waals surface area contributed by atoms with Crippen LogP contribution in [-0.4, -0.2) is 23.1 Å². The van der Waals surface area contributed by atoms with Crippen molar-refractivity contribution in [1.29, 1.82) is 0 Å². The lowest BCUT2D eigenvalue weighted by atomic mass is 9.77. The minimum Gasteiger partial charge on any atom is -0.375 e. The van der Waals surface area contributed by atoms with Gasteiger partial charge >= 0.3 is 0 Å². The standard InChI is InChI=1S/C20H33N3S/c1-4-7-11-14-20(19(24)22-17(5-2)6-3)18(15-21-23-20)16-12-9-8-10-13-16/h8-10,12-13,17-18,21,23H,4-7,11,14-15H2,1-3H3,(H,22,24). The molecule has 1 aliphatic heterocycles. The Labute approximate surface area is 153 Å². The second-order valence-corrected chi connectivity index (χ2v) is 7.29. The third-order valence-corrected chi connectivity index (χ3v) is 5.80. The minimum absolute atomic E-state index is 0.186. The van der Waals surface area contributed by atoms with Gasteiger partial charge in [-0.25, -0.2) is 5.43 Å². The van der Waals surface area contributed by atoms with E-state index in [1.807, 2.05) is 0 Å². The average molecular weight is 348 g/mol. The largest absolute Gasteiger partial charge is 0.375 e. The highest BCUT2D eigenvalue weighted by Gasteiger charge is 2.46. The summed E-state index contributed by atoms with van der Waals surface area (Å²) in [5, 5.41) is 3.65. The van der Waals surface area contributed by atoms with E-state index in [4.69, 9.17) is 12.2 Å². The Morgan fingerprint density at radius 2 is 1.92 bits per heavy atom. The Kier molecular flexibility index (Phi) is 7.66. The van der Waals surface area contributed by atoms with Crippen molar-refractivity contribution in [2.24, 2.45) is 0 Å². The highest BCUT2D eigenvalue weighted by Crippen LogP contribution is 2.36. The van der Waals surface area contributed by atoms with Crippen molar-refractivity contribution in [2.75, 3.05) is 6.54 Å². The predicted molar refractivity (Wildman–Crippen MR) is 107 cm³/mol. The zero-order valence-electron chi connectivity index (χ0n) is 15.4. The fraction of sp³-hybridized carbons (Fsp3) is 0.650. The lowest BCUT2D eigenvalue weighted by Gasteiger charge is -2.37. The Morgan fingerprint density at radius 3 is 2.54 bits per heavy atom. The molecule has 4 heteroatoms. The molecule has 2 rings (SSSR count). The molecule has 0 aromatic heterocycles. The summed E-state index contributed by atoms with van der Waals surface area (Å²) < 4.78 is 0. The van der Waals surface area contributed by atoms with E-state index in [-0.39, 0.29) is 5.54 Å². The highest BCUT2D eigenvalue weighted by molar-refractivity contribution is 7.80. The van der Waals surface area contributed by atoms with Crippen molar-refractivity contribution >= 4 is 17.2 Å². The van der Waals surface area contributed by atoms with Crippen LogP contribution < -0.4 is 16.2 Å². The maximum absolute atomic E-state index is 5.95. The molecule has 1 aliphatic rings. The molecule has 1 aromatic rings. The van der Waals surface area contributed by atoms with Gasteiger partial charge in [-0.1, -0.05) is 82.6 Å². The summed E-state index contributed by atoms with van der Waals surface area (Å²) in [5.74, 6) is 0.366. The molecule has 1 fully saturated rings. The van der Waals surface area contributed by atoms with E-state index in [0.29, 0.717) is 12.0 Å². The first kappa shape index (κ1) is 19.4. The maximum atomic E-state index is 5.95. The van der Waals surface area contributed by atoms with E-state index in [1.165, 1.54) is 24.8 Å². The molecule has 24 heavy (non-hydrogen) atoms. The van der Waals surface area contributed by atoms with E-state index in [9.17, 15) is 0 Å². The smallest absolute Gasteiger partial charge is 0.0979 e. The molecular weight excluding hydrogens is 314 g/mol. The van der Waals surface area contributed by atoms with E-state index in [2.05, 4.69) is 67.3 Å². The van der Waals surface area contributed by atoms with Crippen molar-refractivity contribution in [2.45, 2.75) is 76.8 Å². The molecule has 0 spiro atoms. The third-order valence-electron chi connectivity index (χ3n) is 5.32. The van der Waals surface area contributed by atoms with Crippen LogP contribution in [0.1, 0.15) is 70.8 Å². The second kappa shape index (κ2) is 9.50. The molecule has 3 N–H and O–H groups in total. The van der Waals surface area contributed by atoms with Gasteiger partial charge in [-0.2, -0.15) is 0 Å². The first-order valence-corrected chi connectivity index (χ1v) is 9.94. The van der Waals surface area contributed by atoms with Crippen molar-refractivity contribution in [3.05, 3.63) is 35.9 Å².